The predicted octanol–water partition coefficient (Wildman–Crippen LogP) is 4.45. The SMILES string of the molecule is Cc1ccccc1Sc1cc(-c2cnn(C3CCNCC3)c2)cn2ncc(C#N)c12. The molecule has 1 aliphatic heterocycles. The average Bonchev–Trinajstić information content (AvgIpc) is 3.43. The zero-order valence-corrected chi connectivity index (χ0v) is 17.6. The van der Waals surface area contributed by atoms with Gasteiger partial charge in [-0.3, -0.25) is 4.68 Å². The zero-order chi connectivity index (χ0) is 20.5. The number of nitriles is 1. The third kappa shape index (κ3) is 3.49. The van der Waals surface area contributed by atoms with Gasteiger partial charge in [-0.15, -0.1) is 0 Å². The van der Waals surface area contributed by atoms with Crippen LogP contribution in [0.1, 0.15) is 30.0 Å². The van der Waals surface area contributed by atoms with E-state index in [9.17, 15) is 5.26 Å². The number of pyridine rings is 1. The van der Waals surface area contributed by atoms with Crippen LogP contribution in [0.25, 0.3) is 16.6 Å². The van der Waals surface area contributed by atoms with Crippen molar-refractivity contribution >= 4 is 17.3 Å². The van der Waals surface area contributed by atoms with Crippen LogP contribution in [0, 0.1) is 18.3 Å². The van der Waals surface area contributed by atoms with Crippen LogP contribution in [-0.2, 0) is 0 Å². The van der Waals surface area contributed by atoms with Gasteiger partial charge in [-0.05, 0) is 50.6 Å². The number of hydrogen-bond acceptors (Lipinski definition) is 5. The van der Waals surface area contributed by atoms with Gasteiger partial charge in [-0.1, -0.05) is 30.0 Å². The van der Waals surface area contributed by atoms with Crippen LogP contribution in [0.5, 0.6) is 0 Å². The third-order valence-electron chi connectivity index (χ3n) is 5.63. The molecule has 0 aliphatic carbocycles. The Morgan fingerprint density at radius 1 is 1.07 bits per heavy atom. The quantitative estimate of drug-likeness (QED) is 0.534. The lowest BCUT2D eigenvalue weighted by atomic mass is 10.1. The number of hydrogen-bond donors (Lipinski definition) is 1. The molecule has 30 heavy (non-hydrogen) atoms. The molecular weight excluding hydrogens is 392 g/mol. The summed E-state index contributed by atoms with van der Waals surface area (Å²) in [4.78, 5) is 2.19. The Bertz CT molecular complexity index is 1240. The van der Waals surface area contributed by atoms with Gasteiger partial charge in [-0.2, -0.15) is 15.5 Å². The van der Waals surface area contributed by atoms with Crippen molar-refractivity contribution in [1.29, 1.82) is 5.26 Å². The summed E-state index contributed by atoms with van der Waals surface area (Å²) in [5, 5.41) is 22.1. The van der Waals surface area contributed by atoms with Gasteiger partial charge in [0.2, 0.25) is 0 Å². The number of benzene rings is 1. The summed E-state index contributed by atoms with van der Waals surface area (Å²) in [5.74, 6) is 0. The fourth-order valence-corrected chi connectivity index (χ4v) is 5.05. The van der Waals surface area contributed by atoms with E-state index in [0.29, 0.717) is 11.6 Å². The summed E-state index contributed by atoms with van der Waals surface area (Å²) < 4.78 is 3.91. The number of aryl methyl sites for hydroxylation is 1. The van der Waals surface area contributed by atoms with E-state index < -0.39 is 0 Å². The van der Waals surface area contributed by atoms with Gasteiger partial charge >= 0.3 is 0 Å². The molecule has 0 saturated carbocycles. The number of rotatable bonds is 4. The predicted molar refractivity (Wildman–Crippen MR) is 118 cm³/mol. The summed E-state index contributed by atoms with van der Waals surface area (Å²) in [6.07, 6.45) is 9.88. The van der Waals surface area contributed by atoms with Crippen LogP contribution < -0.4 is 5.32 Å². The molecule has 0 bridgehead atoms. The molecule has 3 aromatic heterocycles. The van der Waals surface area contributed by atoms with E-state index in [-0.39, 0.29) is 0 Å². The maximum absolute atomic E-state index is 9.57. The smallest absolute Gasteiger partial charge is 0.103 e. The molecule has 6 nitrogen and oxygen atoms in total. The van der Waals surface area contributed by atoms with Crippen molar-refractivity contribution in [3.05, 3.63) is 66.2 Å². The highest BCUT2D eigenvalue weighted by atomic mass is 32.2. The van der Waals surface area contributed by atoms with E-state index in [1.807, 2.05) is 29.0 Å². The fourth-order valence-electron chi connectivity index (χ4n) is 3.95. The number of fused-ring (bicyclic) bond motifs is 1. The lowest BCUT2D eigenvalue weighted by Gasteiger charge is -2.22. The van der Waals surface area contributed by atoms with Gasteiger partial charge in [0, 0.05) is 33.3 Å². The molecule has 4 heterocycles. The lowest BCUT2D eigenvalue weighted by molar-refractivity contribution is 0.343. The van der Waals surface area contributed by atoms with Crippen molar-refractivity contribution in [2.45, 2.75) is 35.6 Å². The van der Waals surface area contributed by atoms with Gasteiger partial charge in [0.1, 0.15) is 6.07 Å². The molecule has 0 amide bonds. The van der Waals surface area contributed by atoms with Crippen LogP contribution in [0.4, 0.5) is 0 Å². The molecule has 1 saturated heterocycles. The van der Waals surface area contributed by atoms with Gasteiger partial charge < -0.3 is 5.32 Å². The Kier molecular flexibility index (Phi) is 5.03. The van der Waals surface area contributed by atoms with E-state index >= 15 is 0 Å². The van der Waals surface area contributed by atoms with Crippen molar-refractivity contribution in [1.82, 2.24) is 24.7 Å². The molecule has 1 fully saturated rings. The van der Waals surface area contributed by atoms with Gasteiger partial charge in [0.15, 0.2) is 0 Å². The molecule has 5 rings (SSSR count). The lowest BCUT2D eigenvalue weighted by Crippen LogP contribution is -2.29. The molecule has 0 unspecified atom stereocenters. The Hall–Kier alpha value is -3.08. The molecule has 4 aromatic rings. The summed E-state index contributed by atoms with van der Waals surface area (Å²) in [6.45, 7) is 4.18. The molecule has 0 atom stereocenters. The van der Waals surface area contributed by atoms with E-state index in [4.69, 9.17) is 0 Å². The third-order valence-corrected chi connectivity index (χ3v) is 6.84. The van der Waals surface area contributed by atoms with Crippen LogP contribution in [0.15, 0.2) is 64.9 Å². The van der Waals surface area contributed by atoms with E-state index in [1.165, 1.54) is 10.5 Å². The first kappa shape index (κ1) is 18.9. The average molecular weight is 415 g/mol. The van der Waals surface area contributed by atoms with E-state index in [0.717, 1.165) is 47.5 Å². The second kappa shape index (κ2) is 7.98. The summed E-state index contributed by atoms with van der Waals surface area (Å²) in [5.41, 5.74) is 4.76. The second-order valence-corrected chi connectivity index (χ2v) is 8.70. The summed E-state index contributed by atoms with van der Waals surface area (Å²) in [7, 11) is 0. The first-order valence-corrected chi connectivity index (χ1v) is 10.9. The number of nitrogens with one attached hydrogen (secondary N) is 1. The first-order valence-electron chi connectivity index (χ1n) is 10.1. The van der Waals surface area contributed by atoms with Crippen LogP contribution >= 0.6 is 11.8 Å². The minimum atomic E-state index is 0.444. The highest BCUT2D eigenvalue weighted by Crippen LogP contribution is 2.37. The monoisotopic (exact) mass is 414 g/mol. The Balaban J connectivity index is 1.58. The van der Waals surface area contributed by atoms with Crippen LogP contribution in [0.2, 0.25) is 0 Å². The normalized spacial score (nSPS) is 14.8. The molecule has 150 valence electrons. The van der Waals surface area contributed by atoms with Gasteiger partial charge in [-0.25, -0.2) is 4.52 Å². The van der Waals surface area contributed by atoms with Crippen molar-refractivity contribution in [3.8, 4) is 17.2 Å². The van der Waals surface area contributed by atoms with Crippen LogP contribution in [0.3, 0.4) is 0 Å². The number of piperidine rings is 1. The molecule has 1 aromatic carbocycles. The zero-order valence-electron chi connectivity index (χ0n) is 16.7. The molecule has 0 radical (unpaired) electrons. The Labute approximate surface area is 179 Å². The first-order chi connectivity index (χ1) is 14.7. The molecular formula is C23H22N6S. The van der Waals surface area contributed by atoms with Gasteiger partial charge in [0.25, 0.3) is 0 Å². The van der Waals surface area contributed by atoms with Crippen LogP contribution in [-0.4, -0.2) is 32.5 Å². The highest BCUT2D eigenvalue weighted by molar-refractivity contribution is 7.99. The highest BCUT2D eigenvalue weighted by Gasteiger charge is 2.18. The van der Waals surface area contributed by atoms with Crippen molar-refractivity contribution < 1.29 is 0 Å². The minimum Gasteiger partial charge on any atom is -0.317 e. The fraction of sp³-hybridized carbons (Fsp3) is 0.261. The topological polar surface area (TPSA) is 70.9 Å². The number of aromatic nitrogens is 4. The van der Waals surface area contributed by atoms with Crippen molar-refractivity contribution in [2.24, 2.45) is 0 Å². The molecule has 1 N–H and O–H groups in total. The standard InChI is InChI=1S/C23H22N6S/c1-16-4-2-3-5-21(16)30-22-10-17(14-29-23(22)18(11-24)12-27-29)19-13-26-28(15-19)20-6-8-25-9-7-20/h2-5,10,12-15,20,25H,6-9H2,1H3. The largest absolute Gasteiger partial charge is 0.317 e. The maximum atomic E-state index is 9.57. The molecule has 0 spiro atoms. The summed E-state index contributed by atoms with van der Waals surface area (Å²) in [6, 6.07) is 13.2. The Morgan fingerprint density at radius 3 is 2.70 bits per heavy atom. The van der Waals surface area contributed by atoms with Crippen molar-refractivity contribution in [2.75, 3.05) is 13.1 Å². The van der Waals surface area contributed by atoms with E-state index in [2.05, 4.69) is 57.6 Å². The molecule has 7 heteroatoms. The number of nitrogens with zero attached hydrogens (tertiary/aromatic N) is 5. The summed E-state index contributed by atoms with van der Waals surface area (Å²) >= 11 is 1.67. The molecule has 1 aliphatic rings. The van der Waals surface area contributed by atoms with Gasteiger partial charge in [0.05, 0.1) is 29.5 Å². The second-order valence-electron chi connectivity index (χ2n) is 7.61. The minimum absolute atomic E-state index is 0.444. The van der Waals surface area contributed by atoms with E-state index in [1.54, 1.807) is 18.0 Å². The maximum Gasteiger partial charge on any atom is 0.103 e. The van der Waals surface area contributed by atoms with Crippen molar-refractivity contribution in [3.63, 3.8) is 0 Å². The Morgan fingerprint density at radius 2 is 1.90 bits per heavy atom.